The lowest BCUT2D eigenvalue weighted by Crippen LogP contribution is -2.50. The van der Waals surface area contributed by atoms with Crippen molar-refractivity contribution in [2.75, 3.05) is 75.7 Å². The molecule has 0 spiro atoms. The molecule has 0 aliphatic carbocycles. The first-order chi connectivity index (χ1) is 17.4. The Morgan fingerprint density at radius 2 is 1.61 bits per heavy atom. The van der Waals surface area contributed by atoms with Gasteiger partial charge >= 0.3 is 0 Å². The second-order valence-electron chi connectivity index (χ2n) is 9.25. The van der Waals surface area contributed by atoms with E-state index in [1.165, 1.54) is 37.3 Å². The van der Waals surface area contributed by atoms with E-state index in [0.717, 1.165) is 71.1 Å². The summed E-state index contributed by atoms with van der Waals surface area (Å²) in [6.07, 6.45) is 0. The van der Waals surface area contributed by atoms with Crippen LogP contribution < -0.4 is 20.9 Å². The molecule has 2 aliphatic heterocycles. The molecule has 0 saturated carbocycles. The van der Waals surface area contributed by atoms with Crippen molar-refractivity contribution in [3.63, 3.8) is 0 Å². The fourth-order valence-electron chi connectivity index (χ4n) is 4.54. The van der Waals surface area contributed by atoms with Gasteiger partial charge in [0.2, 0.25) is 5.91 Å². The number of benzene rings is 2. The quantitative estimate of drug-likeness (QED) is 0.513. The fourth-order valence-corrected chi connectivity index (χ4v) is 4.54. The molecule has 8 nitrogen and oxygen atoms in total. The highest BCUT2D eigenvalue weighted by atomic mass is 19.1. The standard InChI is InChI=1S/C26H34F2N6O2/c1-19(30-26(36)21-4-2-3-5-22(21)28)25(35)31-23-18-20(27)6-7-24(23)34-16-14-33(15-17-34)13-12-32-10-8-29-9-11-32/h2-7,18-19,29H,8-17H2,1H3,(H,30,36)(H,31,35). The molecule has 3 N–H and O–H groups in total. The van der Waals surface area contributed by atoms with E-state index >= 15 is 0 Å². The Kier molecular flexibility index (Phi) is 8.84. The lowest BCUT2D eigenvalue weighted by atomic mass is 10.1. The maximum absolute atomic E-state index is 14.1. The summed E-state index contributed by atoms with van der Waals surface area (Å²) in [6.45, 7) is 11.1. The maximum Gasteiger partial charge on any atom is 0.254 e. The lowest BCUT2D eigenvalue weighted by molar-refractivity contribution is -0.117. The van der Waals surface area contributed by atoms with E-state index in [4.69, 9.17) is 0 Å². The van der Waals surface area contributed by atoms with E-state index in [1.807, 2.05) is 0 Å². The van der Waals surface area contributed by atoms with Gasteiger partial charge in [0, 0.05) is 65.4 Å². The Morgan fingerprint density at radius 1 is 0.944 bits per heavy atom. The number of rotatable bonds is 8. The third-order valence-electron chi connectivity index (χ3n) is 6.73. The zero-order valence-corrected chi connectivity index (χ0v) is 20.6. The molecule has 0 bridgehead atoms. The summed E-state index contributed by atoms with van der Waals surface area (Å²) in [5.74, 6) is -2.33. The van der Waals surface area contributed by atoms with Crippen molar-refractivity contribution >= 4 is 23.2 Å². The van der Waals surface area contributed by atoms with E-state index in [2.05, 4.69) is 30.7 Å². The predicted molar refractivity (Wildman–Crippen MR) is 136 cm³/mol. The van der Waals surface area contributed by atoms with Crippen molar-refractivity contribution in [3.8, 4) is 0 Å². The first kappa shape index (κ1) is 26.0. The minimum atomic E-state index is -0.949. The molecule has 2 aliphatic rings. The number of carbonyl (C=O) groups is 2. The molecular weight excluding hydrogens is 466 g/mol. The van der Waals surface area contributed by atoms with Crippen LogP contribution in [0.5, 0.6) is 0 Å². The molecule has 2 saturated heterocycles. The van der Waals surface area contributed by atoms with E-state index in [-0.39, 0.29) is 5.56 Å². The monoisotopic (exact) mass is 500 g/mol. The van der Waals surface area contributed by atoms with Gasteiger partial charge in [0.15, 0.2) is 0 Å². The molecule has 2 aromatic carbocycles. The summed E-state index contributed by atoms with van der Waals surface area (Å²) in [4.78, 5) is 32.2. The molecule has 2 fully saturated rings. The van der Waals surface area contributed by atoms with Crippen LogP contribution in [0.4, 0.5) is 20.2 Å². The van der Waals surface area contributed by atoms with Gasteiger partial charge in [-0.3, -0.25) is 19.4 Å². The van der Waals surface area contributed by atoms with Crippen LogP contribution in [0.15, 0.2) is 42.5 Å². The number of carbonyl (C=O) groups excluding carboxylic acids is 2. The Morgan fingerprint density at radius 3 is 2.31 bits per heavy atom. The van der Waals surface area contributed by atoms with Gasteiger partial charge in [0.25, 0.3) is 5.91 Å². The van der Waals surface area contributed by atoms with Crippen LogP contribution in [0.25, 0.3) is 0 Å². The molecule has 1 atom stereocenters. The number of amides is 2. The van der Waals surface area contributed by atoms with Crippen molar-refractivity contribution in [2.45, 2.75) is 13.0 Å². The first-order valence-corrected chi connectivity index (χ1v) is 12.5. The minimum Gasteiger partial charge on any atom is -0.367 e. The third-order valence-corrected chi connectivity index (χ3v) is 6.73. The molecule has 0 aromatic heterocycles. The van der Waals surface area contributed by atoms with E-state index in [1.54, 1.807) is 12.1 Å². The Hall–Kier alpha value is -3.08. The van der Waals surface area contributed by atoms with E-state index in [9.17, 15) is 18.4 Å². The van der Waals surface area contributed by atoms with Gasteiger partial charge in [0.05, 0.1) is 16.9 Å². The smallest absolute Gasteiger partial charge is 0.254 e. The third kappa shape index (κ3) is 6.77. The summed E-state index contributed by atoms with van der Waals surface area (Å²) >= 11 is 0. The predicted octanol–water partition coefficient (Wildman–Crippen LogP) is 1.75. The summed E-state index contributed by atoms with van der Waals surface area (Å²) in [5.41, 5.74) is 0.943. The first-order valence-electron chi connectivity index (χ1n) is 12.5. The van der Waals surface area contributed by atoms with Crippen molar-refractivity contribution in [1.82, 2.24) is 20.4 Å². The average Bonchev–Trinajstić information content (AvgIpc) is 2.89. The van der Waals surface area contributed by atoms with Crippen molar-refractivity contribution in [2.24, 2.45) is 0 Å². The van der Waals surface area contributed by atoms with Crippen LogP contribution >= 0.6 is 0 Å². The number of nitrogens with zero attached hydrogens (tertiary/aromatic N) is 3. The highest BCUT2D eigenvalue weighted by molar-refractivity contribution is 6.02. The average molecular weight is 501 g/mol. The normalized spacial score (nSPS) is 18.0. The summed E-state index contributed by atoms with van der Waals surface area (Å²) in [6, 6.07) is 8.96. The van der Waals surface area contributed by atoms with Gasteiger partial charge in [-0.2, -0.15) is 0 Å². The molecule has 2 aromatic rings. The number of hydrogen-bond acceptors (Lipinski definition) is 6. The van der Waals surface area contributed by atoms with E-state index < -0.39 is 29.5 Å². The molecule has 0 radical (unpaired) electrons. The maximum atomic E-state index is 14.1. The summed E-state index contributed by atoms with van der Waals surface area (Å²) < 4.78 is 28.0. The Balaban J connectivity index is 1.33. The molecule has 1 unspecified atom stereocenters. The Bertz CT molecular complexity index is 1050. The second-order valence-corrected chi connectivity index (χ2v) is 9.25. The summed E-state index contributed by atoms with van der Waals surface area (Å²) in [5, 5.41) is 8.62. The van der Waals surface area contributed by atoms with Gasteiger partial charge in [-0.05, 0) is 37.3 Å². The lowest BCUT2D eigenvalue weighted by Gasteiger charge is -2.38. The topological polar surface area (TPSA) is 80.0 Å². The van der Waals surface area contributed by atoms with Gasteiger partial charge in [-0.25, -0.2) is 8.78 Å². The fraction of sp³-hybridized carbons (Fsp3) is 0.462. The second kappa shape index (κ2) is 12.2. The number of hydrogen-bond donors (Lipinski definition) is 3. The SMILES string of the molecule is CC(NC(=O)c1ccccc1F)C(=O)Nc1cc(F)ccc1N1CCN(CCN2CCNCC2)CC1. The van der Waals surface area contributed by atoms with Gasteiger partial charge in [-0.1, -0.05) is 12.1 Å². The molecule has 36 heavy (non-hydrogen) atoms. The highest BCUT2D eigenvalue weighted by Crippen LogP contribution is 2.28. The van der Waals surface area contributed by atoms with Gasteiger partial charge < -0.3 is 20.9 Å². The minimum absolute atomic E-state index is 0.140. The highest BCUT2D eigenvalue weighted by Gasteiger charge is 2.23. The van der Waals surface area contributed by atoms with Crippen LogP contribution in [0.1, 0.15) is 17.3 Å². The molecule has 2 heterocycles. The van der Waals surface area contributed by atoms with Crippen LogP contribution in [0.3, 0.4) is 0 Å². The zero-order valence-electron chi connectivity index (χ0n) is 20.6. The molecule has 4 rings (SSSR count). The largest absolute Gasteiger partial charge is 0.367 e. The van der Waals surface area contributed by atoms with Crippen molar-refractivity contribution < 1.29 is 18.4 Å². The number of piperazine rings is 2. The van der Waals surface area contributed by atoms with Crippen LogP contribution in [0, 0.1) is 11.6 Å². The van der Waals surface area contributed by atoms with Gasteiger partial charge in [0.1, 0.15) is 17.7 Å². The van der Waals surface area contributed by atoms with Crippen LogP contribution in [0.2, 0.25) is 0 Å². The number of nitrogens with one attached hydrogen (secondary N) is 3. The Labute approximate surface area is 210 Å². The van der Waals surface area contributed by atoms with Crippen LogP contribution in [-0.4, -0.2) is 93.1 Å². The molecule has 194 valence electrons. The summed E-state index contributed by atoms with van der Waals surface area (Å²) in [7, 11) is 0. The van der Waals surface area contributed by atoms with E-state index in [0.29, 0.717) is 5.69 Å². The molecular formula is C26H34F2N6O2. The van der Waals surface area contributed by atoms with Gasteiger partial charge in [-0.15, -0.1) is 0 Å². The van der Waals surface area contributed by atoms with Crippen LogP contribution in [-0.2, 0) is 4.79 Å². The van der Waals surface area contributed by atoms with Crippen molar-refractivity contribution in [1.29, 1.82) is 0 Å². The number of halogens is 2. The van der Waals surface area contributed by atoms with Crippen molar-refractivity contribution in [3.05, 3.63) is 59.7 Å². The molecule has 2 amide bonds. The molecule has 10 heteroatoms. The zero-order chi connectivity index (χ0) is 25.5. The number of anilines is 2.